The largest absolute Gasteiger partial charge is 0.460 e. The van der Waals surface area contributed by atoms with Crippen LogP contribution in [0.1, 0.15) is 53.5 Å². The van der Waals surface area contributed by atoms with Crippen LogP contribution in [0.25, 0.3) is 6.08 Å². The molecule has 0 radical (unpaired) electrons. The number of aryl methyl sites for hydroxylation is 1. The molecular weight excluding hydrogens is 348 g/mol. The number of ether oxygens (including phenoxy) is 2. The minimum Gasteiger partial charge on any atom is -0.460 e. The van der Waals surface area contributed by atoms with Crippen LogP contribution in [0.3, 0.4) is 0 Å². The molecular formula is C20H30N2O5. The fourth-order valence-electron chi connectivity index (χ4n) is 2.15. The molecule has 0 aliphatic carbocycles. The van der Waals surface area contributed by atoms with E-state index in [-0.39, 0.29) is 17.9 Å². The first kappa shape index (κ1) is 22.5. The molecule has 27 heavy (non-hydrogen) atoms. The summed E-state index contributed by atoms with van der Waals surface area (Å²) in [5.41, 5.74) is -0.465. The van der Waals surface area contributed by atoms with Crippen molar-refractivity contribution in [3.05, 3.63) is 34.3 Å². The molecule has 150 valence electrons. The number of hydrogen-bond acceptors (Lipinski definition) is 5. The van der Waals surface area contributed by atoms with Crippen LogP contribution in [-0.2, 0) is 21.3 Å². The lowest BCUT2D eigenvalue weighted by Crippen LogP contribution is -2.35. The number of rotatable bonds is 4. The van der Waals surface area contributed by atoms with E-state index in [4.69, 9.17) is 9.47 Å². The van der Waals surface area contributed by atoms with Crippen LogP contribution in [0.5, 0.6) is 0 Å². The Kier molecular flexibility index (Phi) is 7.00. The highest BCUT2D eigenvalue weighted by molar-refractivity contribution is 5.90. The van der Waals surface area contributed by atoms with E-state index in [9.17, 15) is 14.4 Å². The lowest BCUT2D eigenvalue weighted by Gasteiger charge is -2.25. The van der Waals surface area contributed by atoms with Gasteiger partial charge in [-0.15, -0.1) is 0 Å². The van der Waals surface area contributed by atoms with Crippen LogP contribution >= 0.6 is 0 Å². The highest BCUT2D eigenvalue weighted by Gasteiger charge is 2.22. The third-order valence-electron chi connectivity index (χ3n) is 3.27. The van der Waals surface area contributed by atoms with E-state index in [2.05, 4.69) is 0 Å². The molecule has 1 amide bonds. The van der Waals surface area contributed by atoms with Gasteiger partial charge in [-0.05, 0) is 41.5 Å². The van der Waals surface area contributed by atoms with Crippen LogP contribution in [0.15, 0.2) is 23.1 Å². The number of pyridine rings is 1. The van der Waals surface area contributed by atoms with Crippen LogP contribution in [0.2, 0.25) is 0 Å². The minimum atomic E-state index is -0.655. The summed E-state index contributed by atoms with van der Waals surface area (Å²) >= 11 is 0. The zero-order valence-corrected chi connectivity index (χ0v) is 17.5. The van der Waals surface area contributed by atoms with Crippen LogP contribution in [-0.4, -0.2) is 34.9 Å². The molecule has 0 N–H and O–H groups in total. The van der Waals surface area contributed by atoms with E-state index >= 15 is 0 Å². The van der Waals surface area contributed by atoms with Gasteiger partial charge in [-0.3, -0.25) is 14.5 Å². The molecule has 7 heteroatoms. The Morgan fingerprint density at radius 1 is 1.11 bits per heavy atom. The van der Waals surface area contributed by atoms with E-state index in [1.165, 1.54) is 22.6 Å². The standard InChI is InChI=1S/C20H30N2O5/c1-19(2,3)26-17(24)11-9-10-14-13-21(7)16(23)12-15(14)22(8)18(25)27-20(4,5)6/h9-10,12-13H,11H2,1-8H3/b10-9+. The van der Waals surface area contributed by atoms with Gasteiger partial charge in [0, 0.05) is 31.9 Å². The number of hydrogen-bond donors (Lipinski definition) is 0. The molecule has 1 aromatic rings. The van der Waals surface area contributed by atoms with Gasteiger partial charge in [0.2, 0.25) is 0 Å². The van der Waals surface area contributed by atoms with Crippen molar-refractivity contribution in [1.29, 1.82) is 0 Å². The molecule has 0 atom stereocenters. The van der Waals surface area contributed by atoms with Crippen molar-refractivity contribution < 1.29 is 19.1 Å². The summed E-state index contributed by atoms with van der Waals surface area (Å²) in [6.45, 7) is 10.7. The number of nitrogens with zero attached hydrogens (tertiary/aromatic N) is 2. The van der Waals surface area contributed by atoms with Crippen molar-refractivity contribution in [2.45, 2.75) is 59.2 Å². The summed E-state index contributed by atoms with van der Waals surface area (Å²) in [6, 6.07) is 1.36. The predicted octanol–water partition coefficient (Wildman–Crippen LogP) is 3.50. The molecule has 1 rings (SSSR count). The summed E-state index contributed by atoms with van der Waals surface area (Å²) in [5, 5.41) is 0. The van der Waals surface area contributed by atoms with E-state index < -0.39 is 17.3 Å². The first-order valence-corrected chi connectivity index (χ1v) is 8.75. The molecule has 1 heterocycles. The first-order valence-electron chi connectivity index (χ1n) is 8.75. The quantitative estimate of drug-likeness (QED) is 0.750. The fraction of sp³-hybridized carbons (Fsp3) is 0.550. The lowest BCUT2D eigenvalue weighted by atomic mass is 10.1. The van der Waals surface area contributed by atoms with Crippen LogP contribution in [0, 0.1) is 0 Å². The molecule has 0 saturated carbocycles. The smallest absolute Gasteiger partial charge is 0.414 e. The van der Waals surface area contributed by atoms with Gasteiger partial charge in [-0.2, -0.15) is 0 Å². The maximum atomic E-state index is 12.3. The Balaban J connectivity index is 3.08. The van der Waals surface area contributed by atoms with Crippen molar-refractivity contribution in [3.8, 4) is 0 Å². The SMILES string of the molecule is CN(C(=O)OC(C)(C)C)c1cc(=O)n(C)cc1/C=C/CC(=O)OC(C)(C)C. The molecule has 0 spiro atoms. The summed E-state index contributed by atoms with van der Waals surface area (Å²) in [6.07, 6.45) is 4.43. The summed E-state index contributed by atoms with van der Waals surface area (Å²) < 4.78 is 12.0. The third-order valence-corrected chi connectivity index (χ3v) is 3.27. The molecule has 0 aromatic carbocycles. The van der Waals surface area contributed by atoms with Gasteiger partial charge in [0.15, 0.2) is 0 Å². The average Bonchev–Trinajstić information content (AvgIpc) is 2.46. The van der Waals surface area contributed by atoms with Gasteiger partial charge in [0.05, 0.1) is 12.1 Å². The third kappa shape index (κ3) is 7.68. The second kappa shape index (κ2) is 8.41. The second-order valence-electron chi connectivity index (χ2n) is 8.30. The molecule has 1 aromatic heterocycles. The Bertz CT molecular complexity index is 779. The number of amides is 1. The van der Waals surface area contributed by atoms with Crippen molar-refractivity contribution in [2.24, 2.45) is 7.05 Å². The van der Waals surface area contributed by atoms with Crippen molar-refractivity contribution in [2.75, 3.05) is 11.9 Å². The molecule has 0 aliphatic rings. The van der Waals surface area contributed by atoms with Crippen molar-refractivity contribution >= 4 is 23.8 Å². The summed E-state index contributed by atoms with van der Waals surface area (Å²) in [4.78, 5) is 37.5. The zero-order valence-electron chi connectivity index (χ0n) is 17.5. The topological polar surface area (TPSA) is 77.8 Å². The number of carbonyl (C=O) groups is 2. The molecule has 0 saturated heterocycles. The molecule has 0 aliphatic heterocycles. The molecule has 7 nitrogen and oxygen atoms in total. The fourth-order valence-corrected chi connectivity index (χ4v) is 2.15. The van der Waals surface area contributed by atoms with Gasteiger partial charge < -0.3 is 14.0 Å². The maximum Gasteiger partial charge on any atom is 0.414 e. The summed E-state index contributed by atoms with van der Waals surface area (Å²) in [7, 11) is 3.15. The Morgan fingerprint density at radius 2 is 1.67 bits per heavy atom. The Labute approximate surface area is 160 Å². The lowest BCUT2D eigenvalue weighted by molar-refractivity contribution is -0.153. The Hall–Kier alpha value is -2.57. The van der Waals surface area contributed by atoms with Gasteiger partial charge in [0.25, 0.3) is 5.56 Å². The summed E-state index contributed by atoms with van der Waals surface area (Å²) in [5.74, 6) is -0.356. The predicted molar refractivity (Wildman–Crippen MR) is 106 cm³/mol. The minimum absolute atomic E-state index is 0.0791. The van der Waals surface area contributed by atoms with Crippen LogP contribution < -0.4 is 10.5 Å². The molecule has 0 unspecified atom stereocenters. The highest BCUT2D eigenvalue weighted by Crippen LogP contribution is 2.21. The van der Waals surface area contributed by atoms with E-state index in [1.807, 2.05) is 0 Å². The van der Waals surface area contributed by atoms with Crippen LogP contribution in [0.4, 0.5) is 10.5 Å². The number of carbonyl (C=O) groups excluding carboxylic acids is 2. The maximum absolute atomic E-state index is 12.3. The monoisotopic (exact) mass is 378 g/mol. The average molecular weight is 378 g/mol. The molecule has 0 fully saturated rings. The van der Waals surface area contributed by atoms with Gasteiger partial charge >= 0.3 is 12.1 Å². The van der Waals surface area contributed by atoms with Crippen molar-refractivity contribution in [3.63, 3.8) is 0 Å². The second-order valence-corrected chi connectivity index (χ2v) is 8.30. The van der Waals surface area contributed by atoms with E-state index in [0.717, 1.165) is 0 Å². The van der Waals surface area contributed by atoms with E-state index in [1.54, 1.807) is 66.9 Å². The van der Waals surface area contributed by atoms with Crippen molar-refractivity contribution in [1.82, 2.24) is 4.57 Å². The first-order chi connectivity index (χ1) is 12.2. The molecule has 0 bridgehead atoms. The zero-order chi connectivity index (χ0) is 21.0. The van der Waals surface area contributed by atoms with Gasteiger partial charge in [-0.25, -0.2) is 4.79 Å². The van der Waals surface area contributed by atoms with Gasteiger partial charge in [0.1, 0.15) is 11.2 Å². The van der Waals surface area contributed by atoms with E-state index in [0.29, 0.717) is 11.3 Å². The Morgan fingerprint density at radius 3 is 2.19 bits per heavy atom. The number of aromatic nitrogens is 1. The van der Waals surface area contributed by atoms with Gasteiger partial charge in [-0.1, -0.05) is 12.2 Å². The normalized spacial score (nSPS) is 12.1. The number of esters is 1. The highest BCUT2D eigenvalue weighted by atomic mass is 16.6. The number of anilines is 1.